The first-order valence-corrected chi connectivity index (χ1v) is 7.64. The lowest BCUT2D eigenvalue weighted by molar-refractivity contribution is -0.384. The van der Waals surface area contributed by atoms with Gasteiger partial charge in [0.25, 0.3) is 0 Å². The van der Waals surface area contributed by atoms with E-state index >= 15 is 0 Å². The summed E-state index contributed by atoms with van der Waals surface area (Å²) in [5, 5.41) is 17.0. The van der Waals surface area contributed by atoms with Crippen LogP contribution in [0.4, 0.5) is 16.2 Å². The van der Waals surface area contributed by atoms with Gasteiger partial charge in [0.1, 0.15) is 16.9 Å². The molecule has 23 heavy (non-hydrogen) atoms. The van der Waals surface area contributed by atoms with E-state index in [1.165, 1.54) is 23.6 Å². The standard InChI is InChI=1S/C14H17N5O3S/c1-8-9(2)23-12(16-8)14(3,4)18-13(20)17-10-5-6-15-7-11(10)19(21)22/h5-7H,1-4H3,(H2,15,17,18,20). The number of hydrogen-bond donors (Lipinski definition) is 2. The molecule has 2 amide bonds. The maximum atomic E-state index is 12.2. The van der Waals surface area contributed by atoms with Crippen LogP contribution in [0.2, 0.25) is 0 Å². The van der Waals surface area contributed by atoms with E-state index < -0.39 is 16.5 Å². The number of anilines is 1. The Bertz CT molecular complexity index is 737. The van der Waals surface area contributed by atoms with Gasteiger partial charge in [-0.05, 0) is 33.8 Å². The van der Waals surface area contributed by atoms with Crippen LogP contribution in [0.5, 0.6) is 0 Å². The van der Waals surface area contributed by atoms with Crippen LogP contribution in [-0.2, 0) is 5.54 Å². The lowest BCUT2D eigenvalue weighted by Gasteiger charge is -2.24. The third kappa shape index (κ3) is 3.81. The van der Waals surface area contributed by atoms with Crippen molar-refractivity contribution in [1.82, 2.24) is 15.3 Å². The molecule has 0 atom stereocenters. The minimum absolute atomic E-state index is 0.0878. The SMILES string of the molecule is Cc1nc(C(C)(C)NC(=O)Nc2ccncc2[N+](=O)[O-])sc1C. The molecule has 0 unspecified atom stereocenters. The summed E-state index contributed by atoms with van der Waals surface area (Å²) in [6, 6.07) is 0.831. The van der Waals surface area contributed by atoms with Crippen LogP contribution < -0.4 is 10.6 Å². The van der Waals surface area contributed by atoms with Crippen LogP contribution in [0, 0.1) is 24.0 Å². The number of rotatable bonds is 4. The molecule has 0 aromatic carbocycles. The van der Waals surface area contributed by atoms with E-state index in [9.17, 15) is 14.9 Å². The second-order valence-electron chi connectivity index (χ2n) is 5.51. The number of carbonyl (C=O) groups is 1. The fourth-order valence-corrected chi connectivity index (χ4v) is 2.84. The third-order valence-corrected chi connectivity index (χ3v) is 4.63. The molecule has 8 nitrogen and oxygen atoms in total. The molecule has 2 aromatic heterocycles. The summed E-state index contributed by atoms with van der Waals surface area (Å²) >= 11 is 1.51. The van der Waals surface area contributed by atoms with Crippen LogP contribution in [0.1, 0.15) is 29.4 Å². The molecule has 0 aliphatic rings. The Morgan fingerprint density at radius 1 is 1.39 bits per heavy atom. The lowest BCUT2D eigenvalue weighted by Crippen LogP contribution is -2.43. The number of aryl methyl sites for hydroxylation is 2. The summed E-state index contributed by atoms with van der Waals surface area (Å²) in [6.45, 7) is 7.52. The van der Waals surface area contributed by atoms with Crippen LogP contribution >= 0.6 is 11.3 Å². The van der Waals surface area contributed by atoms with E-state index in [0.717, 1.165) is 21.8 Å². The zero-order valence-corrected chi connectivity index (χ0v) is 14.0. The summed E-state index contributed by atoms with van der Waals surface area (Å²) in [6.07, 6.45) is 2.47. The van der Waals surface area contributed by atoms with E-state index in [-0.39, 0.29) is 11.4 Å². The van der Waals surface area contributed by atoms with Gasteiger partial charge in [-0.15, -0.1) is 11.3 Å². The van der Waals surface area contributed by atoms with Gasteiger partial charge in [-0.1, -0.05) is 0 Å². The number of amides is 2. The van der Waals surface area contributed by atoms with E-state index in [0.29, 0.717) is 0 Å². The van der Waals surface area contributed by atoms with Gasteiger partial charge in [0.15, 0.2) is 0 Å². The Balaban J connectivity index is 2.14. The van der Waals surface area contributed by atoms with Crippen LogP contribution in [-0.4, -0.2) is 20.9 Å². The fourth-order valence-electron chi connectivity index (χ4n) is 1.87. The van der Waals surface area contributed by atoms with Crippen molar-refractivity contribution in [3.05, 3.63) is 44.2 Å². The molecule has 2 aromatic rings. The normalized spacial score (nSPS) is 11.1. The number of nitro groups is 1. The number of hydrogen-bond acceptors (Lipinski definition) is 6. The number of thiazole rings is 1. The maximum absolute atomic E-state index is 12.2. The minimum Gasteiger partial charge on any atom is -0.326 e. The van der Waals surface area contributed by atoms with Crippen molar-refractivity contribution in [2.45, 2.75) is 33.2 Å². The first kappa shape index (κ1) is 16.8. The Morgan fingerprint density at radius 2 is 2.09 bits per heavy atom. The van der Waals surface area contributed by atoms with E-state index in [1.54, 1.807) is 0 Å². The molecule has 0 bridgehead atoms. The fraction of sp³-hybridized carbons (Fsp3) is 0.357. The molecular weight excluding hydrogens is 318 g/mol. The monoisotopic (exact) mass is 335 g/mol. The molecule has 122 valence electrons. The average Bonchev–Trinajstić information content (AvgIpc) is 2.79. The average molecular weight is 335 g/mol. The summed E-state index contributed by atoms with van der Waals surface area (Å²) in [5.74, 6) is 0. The maximum Gasteiger partial charge on any atom is 0.320 e. The van der Waals surface area contributed by atoms with Gasteiger partial charge in [0.2, 0.25) is 0 Å². The molecule has 0 saturated heterocycles. The molecule has 0 fully saturated rings. The molecule has 0 spiro atoms. The number of aromatic nitrogens is 2. The lowest BCUT2D eigenvalue weighted by atomic mass is 10.1. The van der Waals surface area contributed by atoms with Gasteiger partial charge in [-0.3, -0.25) is 15.1 Å². The molecule has 2 N–H and O–H groups in total. The quantitative estimate of drug-likeness (QED) is 0.659. The van der Waals surface area contributed by atoms with Crippen molar-refractivity contribution in [3.63, 3.8) is 0 Å². The van der Waals surface area contributed by atoms with Crippen molar-refractivity contribution in [3.8, 4) is 0 Å². The molecule has 9 heteroatoms. The predicted molar refractivity (Wildman–Crippen MR) is 87.7 cm³/mol. The van der Waals surface area contributed by atoms with Crippen LogP contribution in [0.25, 0.3) is 0 Å². The zero-order chi connectivity index (χ0) is 17.2. The number of nitrogens with zero attached hydrogens (tertiary/aromatic N) is 3. The molecule has 0 aliphatic carbocycles. The minimum atomic E-state index is -0.699. The molecule has 2 rings (SSSR count). The van der Waals surface area contributed by atoms with E-state index in [4.69, 9.17) is 0 Å². The third-order valence-electron chi connectivity index (χ3n) is 3.23. The molecular formula is C14H17N5O3S. The summed E-state index contributed by atoms with van der Waals surface area (Å²) in [5.41, 5.74) is 0.0477. The highest BCUT2D eigenvalue weighted by atomic mass is 32.1. The van der Waals surface area contributed by atoms with Crippen LogP contribution in [0.15, 0.2) is 18.5 Å². The molecule has 2 heterocycles. The first-order chi connectivity index (χ1) is 10.7. The van der Waals surface area contributed by atoms with Crippen molar-refractivity contribution in [1.29, 1.82) is 0 Å². The Morgan fingerprint density at radius 3 is 2.65 bits per heavy atom. The topological polar surface area (TPSA) is 110 Å². The van der Waals surface area contributed by atoms with Crippen molar-refractivity contribution in [2.75, 3.05) is 5.32 Å². The Hall–Kier alpha value is -2.55. The van der Waals surface area contributed by atoms with E-state index in [2.05, 4.69) is 20.6 Å². The first-order valence-electron chi connectivity index (χ1n) is 6.83. The summed E-state index contributed by atoms with van der Waals surface area (Å²) in [7, 11) is 0. The Labute approximate surface area is 137 Å². The summed E-state index contributed by atoms with van der Waals surface area (Å²) in [4.78, 5) is 31.7. The van der Waals surface area contributed by atoms with Gasteiger partial charge in [-0.2, -0.15) is 0 Å². The zero-order valence-electron chi connectivity index (χ0n) is 13.2. The number of carbonyl (C=O) groups excluding carboxylic acids is 1. The van der Waals surface area contributed by atoms with Gasteiger partial charge < -0.3 is 10.6 Å². The highest BCUT2D eigenvalue weighted by Crippen LogP contribution is 2.28. The van der Waals surface area contributed by atoms with Crippen molar-refractivity contribution < 1.29 is 9.72 Å². The molecule has 0 aliphatic heterocycles. The second-order valence-corrected chi connectivity index (χ2v) is 6.72. The highest BCUT2D eigenvalue weighted by molar-refractivity contribution is 7.11. The smallest absolute Gasteiger partial charge is 0.320 e. The largest absolute Gasteiger partial charge is 0.326 e. The molecule has 0 saturated carbocycles. The number of urea groups is 1. The summed E-state index contributed by atoms with van der Waals surface area (Å²) < 4.78 is 0. The van der Waals surface area contributed by atoms with Crippen LogP contribution in [0.3, 0.4) is 0 Å². The van der Waals surface area contributed by atoms with Crippen molar-refractivity contribution in [2.24, 2.45) is 0 Å². The predicted octanol–water partition coefficient (Wildman–Crippen LogP) is 3.12. The molecule has 0 radical (unpaired) electrons. The Kier molecular flexibility index (Phi) is 4.60. The highest BCUT2D eigenvalue weighted by Gasteiger charge is 2.28. The van der Waals surface area contributed by atoms with E-state index in [1.807, 2.05) is 27.7 Å². The van der Waals surface area contributed by atoms with Gasteiger partial charge >= 0.3 is 11.7 Å². The number of pyridine rings is 1. The number of nitrogens with one attached hydrogen (secondary N) is 2. The second kappa shape index (κ2) is 6.29. The van der Waals surface area contributed by atoms with Crippen molar-refractivity contribution >= 4 is 28.7 Å². The van der Waals surface area contributed by atoms with Gasteiger partial charge in [-0.25, -0.2) is 9.78 Å². The van der Waals surface area contributed by atoms with Gasteiger partial charge in [0, 0.05) is 11.1 Å². The van der Waals surface area contributed by atoms with Gasteiger partial charge in [0.05, 0.1) is 16.2 Å².